The molecule has 1 heterocycles. The number of aromatic amines is 1. The summed E-state index contributed by atoms with van der Waals surface area (Å²) in [5.74, 6) is -11.8. The van der Waals surface area contributed by atoms with Gasteiger partial charge in [0.1, 0.15) is 48.3 Å². The number of carbonyl (C=O) groups is 11. The number of hydrogen-bond donors (Lipinski definition) is 15. The van der Waals surface area contributed by atoms with Crippen LogP contribution in [0.3, 0.4) is 0 Å². The molecule has 0 unspecified atom stereocenters. The number of nitrogens with two attached hydrogens (primary N) is 3. The van der Waals surface area contributed by atoms with Crippen LogP contribution in [0.2, 0.25) is 0 Å². The molecule has 0 fully saturated rings. The lowest BCUT2D eigenvalue weighted by Gasteiger charge is -2.29. The Balaban J connectivity index is 2.43. The van der Waals surface area contributed by atoms with E-state index in [2.05, 4.69) is 47.5 Å². The molecule has 406 valence electrons. The number of primary amides is 2. The molecule has 2 aromatic rings. The van der Waals surface area contributed by atoms with Crippen LogP contribution in [0.25, 0.3) is 10.9 Å². The van der Waals surface area contributed by atoms with E-state index in [4.69, 9.17) is 17.2 Å². The van der Waals surface area contributed by atoms with Crippen molar-refractivity contribution in [3.63, 3.8) is 0 Å². The summed E-state index contributed by atoms with van der Waals surface area (Å²) < 4.78 is 0. The largest absolute Gasteiger partial charge is 0.481 e. The minimum Gasteiger partial charge on any atom is -0.481 e. The summed E-state index contributed by atoms with van der Waals surface area (Å²) >= 11 is 0. The van der Waals surface area contributed by atoms with Crippen LogP contribution in [-0.4, -0.2) is 153 Å². The number of benzene rings is 1. The van der Waals surface area contributed by atoms with Gasteiger partial charge in [0.15, 0.2) is 0 Å². The van der Waals surface area contributed by atoms with E-state index in [1.165, 1.54) is 6.92 Å². The molecular weight excluding hydrogens is 957 g/mol. The van der Waals surface area contributed by atoms with Crippen molar-refractivity contribution >= 4 is 75.9 Å². The highest BCUT2D eigenvalue weighted by atomic mass is 16.4. The van der Waals surface area contributed by atoms with Gasteiger partial charge in [-0.05, 0) is 55.6 Å². The van der Waals surface area contributed by atoms with Crippen molar-refractivity contribution in [2.75, 3.05) is 13.2 Å². The minimum absolute atomic E-state index is 0.00686. The summed E-state index contributed by atoms with van der Waals surface area (Å²) in [4.78, 5) is 147. The van der Waals surface area contributed by atoms with Crippen LogP contribution in [0, 0.1) is 17.8 Å². The molecule has 0 radical (unpaired) electrons. The van der Waals surface area contributed by atoms with E-state index in [0.29, 0.717) is 12.0 Å². The first-order valence-corrected chi connectivity index (χ1v) is 24.0. The van der Waals surface area contributed by atoms with E-state index >= 15 is 0 Å². The number of aromatic nitrogens is 1. The Bertz CT molecular complexity index is 2270. The average molecular weight is 1030 g/mol. The smallest absolute Gasteiger partial charge is 0.305 e. The van der Waals surface area contributed by atoms with E-state index < -0.39 is 151 Å². The maximum atomic E-state index is 14.4. The predicted octanol–water partition coefficient (Wildman–Crippen LogP) is -3.72. The molecule has 26 nitrogen and oxygen atoms in total. The lowest BCUT2D eigenvalue weighted by atomic mass is 9.96. The summed E-state index contributed by atoms with van der Waals surface area (Å²) in [5.41, 5.74) is 17.6. The van der Waals surface area contributed by atoms with Crippen LogP contribution in [0.1, 0.15) is 92.6 Å². The van der Waals surface area contributed by atoms with Crippen molar-refractivity contribution in [1.82, 2.24) is 47.5 Å². The van der Waals surface area contributed by atoms with Crippen LogP contribution in [-0.2, 0) is 59.2 Å². The van der Waals surface area contributed by atoms with Crippen molar-refractivity contribution < 1.29 is 68.1 Å². The third-order valence-electron chi connectivity index (χ3n) is 11.6. The third-order valence-corrected chi connectivity index (χ3v) is 11.6. The molecule has 0 spiro atoms. The van der Waals surface area contributed by atoms with Crippen LogP contribution >= 0.6 is 0 Å². The average Bonchev–Trinajstić information content (AvgIpc) is 3.72. The molecule has 73 heavy (non-hydrogen) atoms. The number of carboxylic acids is 1. The summed E-state index contributed by atoms with van der Waals surface area (Å²) in [6.45, 7) is 10.0. The normalized spacial score (nSPS) is 15.4. The van der Waals surface area contributed by atoms with Crippen molar-refractivity contribution in [3.05, 3.63) is 36.0 Å². The molecule has 18 N–H and O–H groups in total. The SMILES string of the molecule is CC[C@H](C)[C@H](NC(=O)[C@H](Cc1c[nH]c2ccccc12)NC(=O)[C@H](CC(C)C)NC(=O)[C@H](CC(C)C)NC(=O)[C@H](CCC(N)=O)NC(=O)CNC(=O)[C@H](CC(=O)O)NC(=O)[C@@H](N)[C@@H](C)O)C(=O)N[C@@H](CO)C(N)=O. The second kappa shape index (κ2) is 30.0. The zero-order valence-corrected chi connectivity index (χ0v) is 42.2. The predicted molar refractivity (Wildman–Crippen MR) is 264 cm³/mol. The molecule has 0 saturated heterocycles. The number of hydrogen-bond acceptors (Lipinski definition) is 14. The van der Waals surface area contributed by atoms with Crippen LogP contribution in [0.4, 0.5) is 0 Å². The first-order chi connectivity index (χ1) is 34.2. The fourth-order valence-electron chi connectivity index (χ4n) is 7.34. The number of para-hydroxylation sites is 1. The van der Waals surface area contributed by atoms with Gasteiger partial charge in [-0.1, -0.05) is 66.2 Å². The number of amides is 10. The Kier molecular flexibility index (Phi) is 25.4. The maximum Gasteiger partial charge on any atom is 0.305 e. The number of carbonyl (C=O) groups excluding carboxylic acids is 10. The van der Waals surface area contributed by atoms with E-state index in [0.717, 1.165) is 10.9 Å². The number of aliphatic carboxylic acids is 1. The Morgan fingerprint density at radius 2 is 1.16 bits per heavy atom. The van der Waals surface area contributed by atoms with Gasteiger partial charge >= 0.3 is 5.97 Å². The Labute approximate surface area is 422 Å². The van der Waals surface area contributed by atoms with E-state index in [9.17, 15) is 68.1 Å². The lowest BCUT2D eigenvalue weighted by molar-refractivity contribution is -0.141. The highest BCUT2D eigenvalue weighted by Gasteiger charge is 2.36. The van der Waals surface area contributed by atoms with Gasteiger partial charge in [-0.2, -0.15) is 0 Å². The van der Waals surface area contributed by atoms with Crippen LogP contribution < -0.4 is 59.7 Å². The number of aliphatic hydroxyl groups excluding tert-OH is 2. The van der Waals surface area contributed by atoms with E-state index in [1.807, 2.05) is 6.07 Å². The van der Waals surface area contributed by atoms with Gasteiger partial charge in [-0.25, -0.2) is 0 Å². The zero-order chi connectivity index (χ0) is 55.3. The monoisotopic (exact) mass is 1030 g/mol. The third kappa shape index (κ3) is 20.8. The Morgan fingerprint density at radius 1 is 0.644 bits per heavy atom. The number of rotatable bonds is 32. The molecule has 26 heteroatoms. The summed E-state index contributed by atoms with van der Waals surface area (Å²) in [5, 5.41) is 49.0. The first kappa shape index (κ1) is 61.9. The van der Waals surface area contributed by atoms with E-state index in [-0.39, 0.29) is 37.5 Å². The van der Waals surface area contributed by atoms with Gasteiger partial charge in [0.25, 0.3) is 0 Å². The molecule has 1 aromatic carbocycles. The number of fused-ring (bicyclic) bond motifs is 1. The molecular formula is C47H74N12O14. The quantitative estimate of drug-likeness (QED) is 0.0335. The van der Waals surface area contributed by atoms with Gasteiger partial charge in [-0.3, -0.25) is 52.7 Å². The van der Waals surface area contributed by atoms with Crippen LogP contribution in [0.5, 0.6) is 0 Å². The van der Waals surface area contributed by atoms with Crippen molar-refractivity contribution in [2.45, 2.75) is 148 Å². The van der Waals surface area contributed by atoms with Crippen molar-refractivity contribution in [1.29, 1.82) is 0 Å². The standard InChI is InChI=1S/C47H74N12O14/c1-8-24(6)39(47(73)58-34(21-60)40(50)66)59-45(71)32(17-26-19-51-28-12-10-9-11-27(26)28)56-44(70)31(16-23(4)5)55-43(69)30(15-22(2)3)54-42(68)29(13-14-35(48)62)53-36(63)20-52-41(67)33(18-37(64)65)57-46(72)38(49)25(7)61/h9-12,19,22-25,29-34,38-39,51,60-61H,8,13-18,20-21,49H2,1-7H3,(H2,48,62)(H2,50,66)(H,52,67)(H,53,63)(H,54,68)(H,55,69)(H,56,70)(H,57,72)(H,58,73)(H,59,71)(H,64,65)/t24-,25+,29-,30-,31-,32-,33-,34-,38-,39-/m0/s1. The molecule has 1 aromatic heterocycles. The molecule has 0 aliphatic rings. The fraction of sp³-hybridized carbons (Fsp3) is 0.596. The van der Waals surface area contributed by atoms with Gasteiger partial charge in [0, 0.05) is 29.9 Å². The van der Waals surface area contributed by atoms with Gasteiger partial charge < -0.3 is 80.0 Å². The second-order valence-electron chi connectivity index (χ2n) is 18.8. The Morgan fingerprint density at radius 3 is 1.67 bits per heavy atom. The highest BCUT2D eigenvalue weighted by molar-refractivity contribution is 5.98. The van der Waals surface area contributed by atoms with Crippen LogP contribution in [0.15, 0.2) is 30.5 Å². The topological polar surface area (TPSA) is 439 Å². The highest BCUT2D eigenvalue weighted by Crippen LogP contribution is 2.20. The molecule has 0 bridgehead atoms. The summed E-state index contributed by atoms with van der Waals surface area (Å²) in [7, 11) is 0. The fourth-order valence-corrected chi connectivity index (χ4v) is 7.34. The molecule has 2 rings (SSSR count). The number of carboxylic acid groups (broad SMARTS) is 1. The summed E-state index contributed by atoms with van der Waals surface area (Å²) in [6, 6.07) is -4.33. The van der Waals surface area contributed by atoms with E-state index in [1.54, 1.807) is 65.9 Å². The second-order valence-corrected chi connectivity index (χ2v) is 18.8. The maximum absolute atomic E-state index is 14.4. The van der Waals surface area contributed by atoms with Gasteiger partial charge in [0.2, 0.25) is 59.1 Å². The van der Waals surface area contributed by atoms with Gasteiger partial charge in [0.05, 0.1) is 25.7 Å². The number of H-pyrrole nitrogens is 1. The first-order valence-electron chi connectivity index (χ1n) is 24.0. The molecule has 10 amide bonds. The molecule has 0 aliphatic carbocycles. The molecule has 0 aliphatic heterocycles. The van der Waals surface area contributed by atoms with Crippen molar-refractivity contribution in [2.24, 2.45) is 35.0 Å². The lowest BCUT2D eigenvalue weighted by Crippen LogP contribution is -2.61. The Hall–Kier alpha value is -7.19. The summed E-state index contributed by atoms with van der Waals surface area (Å²) in [6.07, 6.45) is -1.13. The number of aliphatic hydroxyl groups is 2. The number of nitrogens with one attached hydrogen (secondary N) is 9. The molecule has 10 atom stereocenters. The molecule has 0 saturated carbocycles. The zero-order valence-electron chi connectivity index (χ0n) is 42.2. The van der Waals surface area contributed by atoms with Gasteiger partial charge in [-0.15, -0.1) is 0 Å². The minimum atomic E-state index is -1.73. The van der Waals surface area contributed by atoms with Crippen molar-refractivity contribution in [3.8, 4) is 0 Å².